The van der Waals surface area contributed by atoms with Gasteiger partial charge in [0.1, 0.15) is 5.75 Å². The Labute approximate surface area is 150 Å². The molecule has 0 fully saturated rings. The summed E-state index contributed by atoms with van der Waals surface area (Å²) in [6, 6.07) is 13.5. The number of esters is 1. The minimum absolute atomic E-state index is 0.0537. The van der Waals surface area contributed by atoms with Gasteiger partial charge in [0, 0.05) is 11.8 Å². The molecule has 1 atom stereocenters. The summed E-state index contributed by atoms with van der Waals surface area (Å²) in [4.78, 5) is 16.4. The van der Waals surface area contributed by atoms with Gasteiger partial charge < -0.3 is 9.47 Å². The van der Waals surface area contributed by atoms with Crippen LogP contribution in [0, 0.1) is 0 Å². The fourth-order valence-corrected chi connectivity index (χ4v) is 2.83. The molecule has 0 aliphatic heterocycles. The number of hydrogen-bond acceptors (Lipinski definition) is 4. The smallest absolute Gasteiger partial charge is 0.306 e. The molecule has 25 heavy (non-hydrogen) atoms. The van der Waals surface area contributed by atoms with Crippen molar-refractivity contribution in [3.05, 3.63) is 54.2 Å². The fourth-order valence-electron chi connectivity index (χ4n) is 2.83. The molecule has 0 saturated heterocycles. The topological polar surface area (TPSA) is 48.4 Å². The largest absolute Gasteiger partial charge is 0.466 e. The minimum atomic E-state index is -0.168. The number of carbonyl (C=O) groups is 1. The molecule has 1 heterocycles. The Balaban J connectivity index is 2.20. The zero-order valence-electron chi connectivity index (χ0n) is 15.1. The first-order chi connectivity index (χ1) is 12.2. The molecular weight excluding hydrogens is 314 g/mol. The van der Waals surface area contributed by atoms with Gasteiger partial charge >= 0.3 is 5.97 Å². The lowest BCUT2D eigenvalue weighted by Gasteiger charge is -2.19. The van der Waals surface area contributed by atoms with Gasteiger partial charge in [0.25, 0.3) is 0 Å². The summed E-state index contributed by atoms with van der Waals surface area (Å²) in [6.07, 6.45) is 6.36. The summed E-state index contributed by atoms with van der Waals surface area (Å²) in [7, 11) is 0. The average Bonchev–Trinajstić information content (AvgIpc) is 2.63. The van der Waals surface area contributed by atoms with Gasteiger partial charge in [0.05, 0.1) is 13.0 Å². The summed E-state index contributed by atoms with van der Waals surface area (Å²) in [5.74, 6) is 1.20. The number of aromatic nitrogens is 1. The van der Waals surface area contributed by atoms with E-state index in [1.165, 1.54) is 0 Å². The number of para-hydroxylation sites is 1. The number of pyridine rings is 1. The van der Waals surface area contributed by atoms with Crippen LogP contribution in [0.3, 0.4) is 0 Å². The third-order valence-electron chi connectivity index (χ3n) is 4.07. The highest BCUT2D eigenvalue weighted by Crippen LogP contribution is 2.34. The molecule has 0 saturated carbocycles. The zero-order chi connectivity index (χ0) is 17.9. The maximum absolute atomic E-state index is 12.0. The molecule has 0 bridgehead atoms. The first kappa shape index (κ1) is 19.0. The number of benzene rings is 1. The van der Waals surface area contributed by atoms with Gasteiger partial charge in [0.15, 0.2) is 0 Å². The molecule has 0 aliphatic rings. The van der Waals surface area contributed by atoms with Crippen molar-refractivity contribution < 1.29 is 14.3 Å². The van der Waals surface area contributed by atoms with Crippen molar-refractivity contribution >= 4 is 5.97 Å². The molecular formula is C21H27NO3. The summed E-state index contributed by atoms with van der Waals surface area (Å²) >= 11 is 0. The van der Waals surface area contributed by atoms with E-state index in [-0.39, 0.29) is 11.9 Å². The third-order valence-corrected chi connectivity index (χ3v) is 4.07. The lowest BCUT2D eigenvalue weighted by Crippen LogP contribution is -2.12. The Bertz CT molecular complexity index is 643. The molecule has 0 aliphatic carbocycles. The summed E-state index contributed by atoms with van der Waals surface area (Å²) in [5, 5.41) is 0. The molecule has 1 aromatic heterocycles. The lowest BCUT2D eigenvalue weighted by molar-refractivity contribution is -0.143. The van der Waals surface area contributed by atoms with Crippen LogP contribution in [-0.4, -0.2) is 17.6 Å². The van der Waals surface area contributed by atoms with Crippen molar-refractivity contribution in [1.29, 1.82) is 0 Å². The van der Waals surface area contributed by atoms with E-state index < -0.39 is 0 Å². The number of nitrogens with zero attached hydrogens (tertiary/aromatic N) is 1. The van der Waals surface area contributed by atoms with Crippen molar-refractivity contribution in [3.63, 3.8) is 0 Å². The van der Waals surface area contributed by atoms with E-state index in [4.69, 9.17) is 9.47 Å². The average molecular weight is 341 g/mol. The highest BCUT2D eigenvalue weighted by Gasteiger charge is 2.21. The minimum Gasteiger partial charge on any atom is -0.466 e. The quantitative estimate of drug-likeness (QED) is 0.423. The first-order valence-corrected chi connectivity index (χ1v) is 9.08. The summed E-state index contributed by atoms with van der Waals surface area (Å²) < 4.78 is 11.1. The number of unbranched alkanes of at least 4 members (excludes halogenated alkanes) is 2. The van der Waals surface area contributed by atoms with Crippen LogP contribution in [0.15, 0.2) is 48.7 Å². The molecule has 0 spiro atoms. The molecule has 1 unspecified atom stereocenters. The van der Waals surface area contributed by atoms with Crippen molar-refractivity contribution in [2.75, 3.05) is 6.61 Å². The van der Waals surface area contributed by atoms with Crippen LogP contribution < -0.4 is 4.74 Å². The van der Waals surface area contributed by atoms with Gasteiger partial charge in [-0.1, -0.05) is 50.5 Å². The SMILES string of the molecule is CCCCCC(CC(=O)OCC)c1cccnc1Oc1ccccc1. The summed E-state index contributed by atoms with van der Waals surface area (Å²) in [6.45, 7) is 4.41. The highest BCUT2D eigenvalue weighted by molar-refractivity contribution is 5.70. The predicted molar refractivity (Wildman–Crippen MR) is 98.9 cm³/mol. The molecule has 134 valence electrons. The van der Waals surface area contributed by atoms with Crippen molar-refractivity contribution in [3.8, 4) is 11.6 Å². The molecule has 4 heteroatoms. The summed E-state index contributed by atoms with van der Waals surface area (Å²) in [5.41, 5.74) is 0.968. The highest BCUT2D eigenvalue weighted by atomic mass is 16.5. The van der Waals surface area contributed by atoms with Gasteiger partial charge in [0.2, 0.25) is 5.88 Å². The molecule has 1 aromatic carbocycles. The van der Waals surface area contributed by atoms with E-state index in [1.807, 2.05) is 49.4 Å². The second-order valence-corrected chi connectivity index (χ2v) is 6.01. The maximum Gasteiger partial charge on any atom is 0.306 e. The Morgan fingerprint density at radius 3 is 2.60 bits per heavy atom. The van der Waals surface area contributed by atoms with Gasteiger partial charge in [-0.05, 0) is 37.5 Å². The van der Waals surface area contributed by atoms with Crippen LogP contribution in [0.1, 0.15) is 57.4 Å². The van der Waals surface area contributed by atoms with E-state index >= 15 is 0 Å². The van der Waals surface area contributed by atoms with Crippen molar-refractivity contribution in [2.45, 2.75) is 51.9 Å². The molecule has 0 amide bonds. The van der Waals surface area contributed by atoms with E-state index in [9.17, 15) is 4.79 Å². The van der Waals surface area contributed by atoms with E-state index in [2.05, 4.69) is 11.9 Å². The van der Waals surface area contributed by atoms with Gasteiger partial charge in [-0.2, -0.15) is 0 Å². The number of ether oxygens (including phenoxy) is 2. The Morgan fingerprint density at radius 2 is 1.88 bits per heavy atom. The van der Waals surface area contributed by atoms with Gasteiger partial charge in [-0.15, -0.1) is 0 Å². The number of hydrogen-bond donors (Lipinski definition) is 0. The Hall–Kier alpha value is -2.36. The fraction of sp³-hybridized carbons (Fsp3) is 0.429. The molecule has 2 aromatic rings. The lowest BCUT2D eigenvalue weighted by atomic mass is 9.91. The van der Waals surface area contributed by atoms with Crippen LogP contribution in [0.4, 0.5) is 0 Å². The molecule has 4 nitrogen and oxygen atoms in total. The van der Waals surface area contributed by atoms with Gasteiger partial charge in [-0.3, -0.25) is 4.79 Å². The number of carbonyl (C=O) groups excluding carboxylic acids is 1. The number of rotatable bonds is 10. The third kappa shape index (κ3) is 6.22. The van der Waals surface area contributed by atoms with E-state index in [1.54, 1.807) is 6.20 Å². The Kier molecular flexibility index (Phi) is 7.96. The van der Waals surface area contributed by atoms with Gasteiger partial charge in [-0.25, -0.2) is 4.98 Å². The second kappa shape index (κ2) is 10.5. The van der Waals surface area contributed by atoms with E-state index in [0.717, 1.165) is 37.0 Å². The first-order valence-electron chi connectivity index (χ1n) is 9.08. The van der Waals surface area contributed by atoms with Crippen LogP contribution in [0.25, 0.3) is 0 Å². The Morgan fingerprint density at radius 1 is 1.08 bits per heavy atom. The van der Waals surface area contributed by atoms with E-state index in [0.29, 0.717) is 18.9 Å². The zero-order valence-corrected chi connectivity index (χ0v) is 15.1. The van der Waals surface area contributed by atoms with Crippen LogP contribution in [0.5, 0.6) is 11.6 Å². The predicted octanol–water partition coefficient (Wildman–Crippen LogP) is 5.49. The van der Waals surface area contributed by atoms with Crippen LogP contribution in [0.2, 0.25) is 0 Å². The molecule has 2 rings (SSSR count). The normalized spacial score (nSPS) is 11.8. The second-order valence-electron chi connectivity index (χ2n) is 6.01. The molecule has 0 radical (unpaired) electrons. The maximum atomic E-state index is 12.0. The van der Waals surface area contributed by atoms with Crippen molar-refractivity contribution in [1.82, 2.24) is 4.98 Å². The molecule has 0 N–H and O–H groups in total. The van der Waals surface area contributed by atoms with Crippen LogP contribution in [-0.2, 0) is 9.53 Å². The van der Waals surface area contributed by atoms with Crippen LogP contribution >= 0.6 is 0 Å². The monoisotopic (exact) mass is 341 g/mol. The standard InChI is InChI=1S/C21H27NO3/c1-3-5-7-11-17(16-20(23)24-4-2)19-14-10-15-22-21(19)25-18-12-8-6-9-13-18/h6,8-10,12-15,17H,3-5,7,11,16H2,1-2H3. The van der Waals surface area contributed by atoms with Crippen molar-refractivity contribution in [2.24, 2.45) is 0 Å².